The topological polar surface area (TPSA) is 108 Å². The summed E-state index contributed by atoms with van der Waals surface area (Å²) >= 11 is 0. The summed E-state index contributed by atoms with van der Waals surface area (Å²) in [5, 5.41) is 21.9. The summed E-state index contributed by atoms with van der Waals surface area (Å²) in [6.45, 7) is 0. The lowest BCUT2D eigenvalue weighted by atomic mass is 10.1. The Bertz CT molecular complexity index is 1310. The van der Waals surface area contributed by atoms with Crippen molar-refractivity contribution in [1.82, 2.24) is 0 Å². The maximum absolute atomic E-state index is 14.8. The third-order valence-corrected chi connectivity index (χ3v) is 10.6. The van der Waals surface area contributed by atoms with Crippen LogP contribution < -0.4 is 0 Å². The SMILES string of the molecule is O=S(=O)([OH+]S(c1ccc(O)cc1)(c1ccc(O)cc1)c1ccc(O)cc1)C(F)(F)C(F)(F)C(F)(F)C(F)(F)F. The van der Waals surface area contributed by atoms with Gasteiger partial charge in [-0.05, 0) is 72.8 Å². The van der Waals surface area contributed by atoms with Crippen molar-refractivity contribution in [3.8, 4) is 17.2 Å². The molecule has 6 nitrogen and oxygen atoms in total. The van der Waals surface area contributed by atoms with E-state index in [1.807, 2.05) is 0 Å². The fourth-order valence-corrected chi connectivity index (χ4v) is 8.63. The Morgan fingerprint density at radius 2 is 0.795 bits per heavy atom. The number of alkyl halides is 9. The molecule has 3 aromatic rings. The molecule has 214 valence electrons. The summed E-state index contributed by atoms with van der Waals surface area (Å²) in [5.41, 5.74) is 0. The molecule has 0 amide bonds. The van der Waals surface area contributed by atoms with Gasteiger partial charge in [-0.1, -0.05) is 0 Å². The maximum atomic E-state index is 14.8. The quantitative estimate of drug-likeness (QED) is 0.147. The third kappa shape index (κ3) is 4.93. The zero-order valence-corrected chi connectivity index (χ0v) is 20.4. The molecule has 0 saturated heterocycles. The first-order valence-electron chi connectivity index (χ1n) is 10.1. The van der Waals surface area contributed by atoms with Gasteiger partial charge in [0.15, 0.2) is 0 Å². The third-order valence-electron chi connectivity index (χ3n) is 5.18. The van der Waals surface area contributed by atoms with E-state index in [2.05, 4.69) is 3.63 Å². The molecule has 0 radical (unpaired) electrons. The first-order valence-corrected chi connectivity index (χ1v) is 13.1. The molecule has 0 unspecified atom stereocenters. The largest absolute Gasteiger partial charge is 0.508 e. The molecule has 3 aromatic carbocycles. The van der Waals surface area contributed by atoms with Crippen LogP contribution in [0.1, 0.15) is 0 Å². The number of phenols is 3. The van der Waals surface area contributed by atoms with Gasteiger partial charge in [0.2, 0.25) is 0 Å². The zero-order valence-electron chi connectivity index (χ0n) is 18.8. The highest BCUT2D eigenvalue weighted by Crippen LogP contribution is 2.70. The molecular weight excluding hydrogens is 595 g/mol. The predicted octanol–water partition coefficient (Wildman–Crippen LogP) is 6.85. The minimum absolute atomic E-state index is 0.401. The van der Waals surface area contributed by atoms with Gasteiger partial charge >= 0.3 is 33.4 Å². The van der Waals surface area contributed by atoms with Gasteiger partial charge in [0.05, 0.1) is 25.0 Å². The van der Waals surface area contributed by atoms with Crippen molar-refractivity contribution in [3.05, 3.63) is 72.8 Å². The summed E-state index contributed by atoms with van der Waals surface area (Å²) in [4.78, 5) is -1.20. The van der Waals surface area contributed by atoms with Crippen molar-refractivity contribution < 1.29 is 66.9 Å². The predicted molar refractivity (Wildman–Crippen MR) is 119 cm³/mol. The Kier molecular flexibility index (Phi) is 7.52. The first kappa shape index (κ1) is 30.2. The fourth-order valence-electron chi connectivity index (χ4n) is 3.18. The molecule has 17 heteroatoms. The lowest BCUT2D eigenvalue weighted by Gasteiger charge is -2.37. The van der Waals surface area contributed by atoms with E-state index in [4.69, 9.17) is 0 Å². The monoisotopic (exact) mass is 611 g/mol. The van der Waals surface area contributed by atoms with Crippen molar-refractivity contribution in [2.24, 2.45) is 0 Å². The Labute approximate surface area is 215 Å². The summed E-state index contributed by atoms with van der Waals surface area (Å²) in [7, 11) is -11.5. The van der Waals surface area contributed by atoms with Crippen LogP contribution in [0.5, 0.6) is 17.2 Å². The minimum Gasteiger partial charge on any atom is -0.508 e. The highest BCUT2D eigenvalue weighted by Gasteiger charge is 2.88. The number of rotatable bonds is 8. The maximum Gasteiger partial charge on any atom is 0.486 e. The van der Waals surface area contributed by atoms with Crippen LogP contribution in [0.2, 0.25) is 0 Å². The van der Waals surface area contributed by atoms with Gasteiger partial charge in [0.1, 0.15) is 17.2 Å². The van der Waals surface area contributed by atoms with Gasteiger partial charge in [-0.3, -0.25) is 3.63 Å². The van der Waals surface area contributed by atoms with E-state index < -0.39 is 75.6 Å². The molecule has 3 rings (SSSR count). The molecule has 0 aliphatic carbocycles. The summed E-state index contributed by atoms with van der Waals surface area (Å²) in [6.07, 6.45) is -7.27. The Morgan fingerprint density at radius 3 is 1.05 bits per heavy atom. The molecule has 0 heterocycles. The molecule has 0 bridgehead atoms. The van der Waals surface area contributed by atoms with Crippen LogP contribution in [-0.2, 0) is 10.1 Å². The molecule has 0 saturated carbocycles. The highest BCUT2D eigenvalue weighted by atomic mass is 32.3. The molecule has 0 spiro atoms. The second kappa shape index (κ2) is 9.71. The lowest BCUT2D eigenvalue weighted by molar-refractivity contribution is -0.382. The van der Waals surface area contributed by atoms with Crippen LogP contribution in [0, 0.1) is 0 Å². The van der Waals surface area contributed by atoms with E-state index in [0.29, 0.717) is 0 Å². The van der Waals surface area contributed by atoms with Gasteiger partial charge < -0.3 is 15.3 Å². The van der Waals surface area contributed by atoms with Crippen LogP contribution in [0.3, 0.4) is 0 Å². The van der Waals surface area contributed by atoms with Crippen molar-refractivity contribution in [2.45, 2.75) is 38.0 Å². The second-order valence-electron chi connectivity index (χ2n) is 7.77. The number of benzene rings is 3. The molecule has 4 N–H and O–H groups in total. The number of hydrogen-bond acceptors (Lipinski definition) is 5. The van der Waals surface area contributed by atoms with Crippen molar-refractivity contribution in [2.75, 3.05) is 0 Å². The smallest absolute Gasteiger partial charge is 0.486 e. The average molecular weight is 611 g/mol. The second-order valence-corrected chi connectivity index (χ2v) is 12.4. The van der Waals surface area contributed by atoms with Crippen LogP contribution in [0.15, 0.2) is 87.5 Å². The summed E-state index contributed by atoms with van der Waals surface area (Å²) < 4.78 is 151. The van der Waals surface area contributed by atoms with Gasteiger partial charge in [-0.2, -0.15) is 39.5 Å². The number of hydrogen-bond donors (Lipinski definition) is 3. The molecule has 0 aliphatic heterocycles. The number of aromatic hydroxyl groups is 3. The zero-order chi connectivity index (χ0) is 29.7. The van der Waals surface area contributed by atoms with Gasteiger partial charge in [-0.15, -0.1) is 8.42 Å². The summed E-state index contributed by atoms with van der Waals surface area (Å²) in [5.74, 6) is -16.4. The summed E-state index contributed by atoms with van der Waals surface area (Å²) in [6, 6.07) is 11.0. The Hall–Kier alpha value is -3.31. The van der Waals surface area contributed by atoms with E-state index in [-0.39, 0.29) is 0 Å². The van der Waals surface area contributed by atoms with Crippen molar-refractivity contribution >= 4 is 20.4 Å². The van der Waals surface area contributed by atoms with Crippen LogP contribution >= 0.6 is 10.3 Å². The van der Waals surface area contributed by atoms with E-state index >= 15 is 0 Å². The van der Waals surface area contributed by atoms with Crippen LogP contribution in [0.4, 0.5) is 39.5 Å². The first-order chi connectivity index (χ1) is 17.7. The molecule has 39 heavy (non-hydrogen) atoms. The number of halogens is 9. The van der Waals surface area contributed by atoms with Crippen LogP contribution in [0.25, 0.3) is 0 Å². The molecular formula is C22H16F9O6S2+. The number of phenolic OH excluding ortho intramolecular Hbond substituents is 3. The minimum atomic E-state index is -7.52. The highest BCUT2D eigenvalue weighted by molar-refractivity contribution is 8.32. The van der Waals surface area contributed by atoms with Crippen molar-refractivity contribution in [3.63, 3.8) is 0 Å². The van der Waals surface area contributed by atoms with E-state index in [9.17, 15) is 63.3 Å². The van der Waals surface area contributed by atoms with Crippen LogP contribution in [-0.4, -0.2) is 50.6 Å². The molecule has 0 fully saturated rings. The van der Waals surface area contributed by atoms with Gasteiger partial charge in [0.25, 0.3) is 0 Å². The van der Waals surface area contributed by atoms with E-state index in [1.165, 1.54) is 0 Å². The standard InChI is InChI=1S/C22H15F9O6S2/c23-19(24,21(27,28)29)20(25,26)22(30,31)39(35,36)37-38(16-7-1-13(32)2-8-16,17-9-3-14(33)4-10-17)18-11-5-15(34)6-12-18/h1-12,32-34H/p+1. The normalized spacial score (nSPS) is 14.3. The molecule has 0 aromatic heterocycles. The van der Waals surface area contributed by atoms with Gasteiger partial charge in [0, 0.05) is 0 Å². The van der Waals surface area contributed by atoms with Gasteiger partial charge in [-0.25, -0.2) is 0 Å². The van der Waals surface area contributed by atoms with E-state index in [0.717, 1.165) is 72.8 Å². The fraction of sp³-hybridized carbons (Fsp3) is 0.182. The van der Waals surface area contributed by atoms with E-state index in [1.54, 1.807) is 0 Å². The Morgan fingerprint density at radius 1 is 0.513 bits per heavy atom. The average Bonchev–Trinajstić information content (AvgIpc) is 2.83. The lowest BCUT2D eigenvalue weighted by Crippen LogP contribution is -2.63. The van der Waals surface area contributed by atoms with Crippen molar-refractivity contribution in [1.29, 1.82) is 0 Å². The molecule has 0 aliphatic rings. The molecule has 0 atom stereocenters. The Balaban J connectivity index is 2.38.